The first-order chi connectivity index (χ1) is 12.8. The maximum absolute atomic E-state index is 9.26. The van der Waals surface area contributed by atoms with E-state index in [9.17, 15) is 5.26 Å². The molecule has 2 heterocycles. The number of aromatic nitrogens is 2. The van der Waals surface area contributed by atoms with Crippen LogP contribution >= 0.6 is 11.6 Å². The molecule has 0 atom stereocenters. The summed E-state index contributed by atoms with van der Waals surface area (Å²) in [6.45, 7) is 4.35. The zero-order chi connectivity index (χ0) is 17.9. The van der Waals surface area contributed by atoms with Crippen molar-refractivity contribution in [1.29, 1.82) is 5.26 Å². The second-order valence-electron chi connectivity index (χ2n) is 6.36. The normalized spacial score (nSPS) is 15.2. The summed E-state index contributed by atoms with van der Waals surface area (Å²) in [5, 5.41) is 10.9. The maximum Gasteiger partial charge on any atom is 0.141 e. The third kappa shape index (κ3) is 3.22. The molecule has 6 heteroatoms. The molecule has 0 saturated carbocycles. The van der Waals surface area contributed by atoms with Gasteiger partial charge in [0.05, 0.1) is 27.6 Å². The number of benzene rings is 2. The highest BCUT2D eigenvalue weighted by Crippen LogP contribution is 2.30. The van der Waals surface area contributed by atoms with Crippen molar-refractivity contribution in [1.82, 2.24) is 14.9 Å². The molecule has 0 radical (unpaired) electrons. The van der Waals surface area contributed by atoms with E-state index in [0.29, 0.717) is 5.02 Å². The number of nitrogens with zero attached hydrogens (tertiary/aromatic N) is 5. The van der Waals surface area contributed by atoms with Crippen molar-refractivity contribution in [2.45, 2.75) is 6.54 Å². The van der Waals surface area contributed by atoms with E-state index in [1.807, 2.05) is 42.5 Å². The number of nitriles is 1. The lowest BCUT2D eigenvalue weighted by Crippen LogP contribution is -2.46. The Morgan fingerprint density at radius 2 is 1.81 bits per heavy atom. The monoisotopic (exact) mass is 363 g/mol. The fraction of sp³-hybridized carbons (Fsp3) is 0.250. The SMILES string of the molecule is N#Cc1ccccc1CN1CCN(c2ncnc3cccc(Cl)c23)CC1. The van der Waals surface area contributed by atoms with Gasteiger partial charge in [-0.3, -0.25) is 4.90 Å². The Bertz CT molecular complexity index is 968. The summed E-state index contributed by atoms with van der Waals surface area (Å²) in [5.74, 6) is 0.901. The van der Waals surface area contributed by atoms with E-state index in [0.717, 1.165) is 60.6 Å². The summed E-state index contributed by atoms with van der Waals surface area (Å²) < 4.78 is 0. The van der Waals surface area contributed by atoms with Crippen molar-refractivity contribution in [3.8, 4) is 6.07 Å². The Morgan fingerprint density at radius 3 is 2.62 bits per heavy atom. The average molecular weight is 364 g/mol. The number of hydrogen-bond acceptors (Lipinski definition) is 5. The summed E-state index contributed by atoms with van der Waals surface area (Å²) in [7, 11) is 0. The lowest BCUT2D eigenvalue weighted by Gasteiger charge is -2.36. The van der Waals surface area contributed by atoms with Crippen molar-refractivity contribution in [3.63, 3.8) is 0 Å². The molecule has 0 aliphatic carbocycles. The first-order valence-corrected chi connectivity index (χ1v) is 8.98. The third-order valence-electron chi connectivity index (χ3n) is 4.80. The Hall–Kier alpha value is -2.68. The first-order valence-electron chi connectivity index (χ1n) is 8.61. The molecule has 1 aliphatic rings. The molecule has 0 bridgehead atoms. The molecule has 4 rings (SSSR count). The van der Waals surface area contributed by atoms with Gasteiger partial charge in [0.2, 0.25) is 0 Å². The van der Waals surface area contributed by atoms with E-state index < -0.39 is 0 Å². The van der Waals surface area contributed by atoms with Crippen LogP contribution in [0.5, 0.6) is 0 Å². The van der Waals surface area contributed by atoms with Gasteiger partial charge in [0, 0.05) is 32.7 Å². The molecule has 2 aromatic carbocycles. The predicted molar refractivity (Wildman–Crippen MR) is 103 cm³/mol. The fourth-order valence-electron chi connectivity index (χ4n) is 3.42. The molecule has 0 amide bonds. The van der Waals surface area contributed by atoms with Crippen molar-refractivity contribution < 1.29 is 0 Å². The van der Waals surface area contributed by atoms with E-state index in [2.05, 4.69) is 25.8 Å². The van der Waals surface area contributed by atoms with Crippen LogP contribution in [0.15, 0.2) is 48.8 Å². The van der Waals surface area contributed by atoms with E-state index in [4.69, 9.17) is 11.6 Å². The van der Waals surface area contributed by atoms with Crippen LogP contribution in [-0.2, 0) is 6.54 Å². The number of anilines is 1. The summed E-state index contributed by atoms with van der Waals surface area (Å²) in [5.41, 5.74) is 2.70. The highest BCUT2D eigenvalue weighted by Gasteiger charge is 2.21. The summed E-state index contributed by atoms with van der Waals surface area (Å²) in [4.78, 5) is 13.5. The van der Waals surface area contributed by atoms with E-state index in [1.54, 1.807) is 6.33 Å². The molecule has 3 aromatic rings. The number of hydrogen-bond donors (Lipinski definition) is 0. The Kier molecular flexibility index (Phi) is 4.70. The van der Waals surface area contributed by atoms with Crippen LogP contribution < -0.4 is 4.90 Å². The molecule has 1 aromatic heterocycles. The topological polar surface area (TPSA) is 56.1 Å². The molecule has 0 unspecified atom stereocenters. The Labute approximate surface area is 157 Å². The number of halogens is 1. The predicted octanol–water partition coefficient (Wildman–Crippen LogP) is 3.48. The van der Waals surface area contributed by atoms with Gasteiger partial charge in [0.15, 0.2) is 0 Å². The molecule has 0 N–H and O–H groups in total. The van der Waals surface area contributed by atoms with Gasteiger partial charge in [-0.2, -0.15) is 5.26 Å². The lowest BCUT2D eigenvalue weighted by molar-refractivity contribution is 0.249. The second kappa shape index (κ2) is 7.28. The quantitative estimate of drug-likeness (QED) is 0.713. The number of piperazine rings is 1. The van der Waals surface area contributed by atoms with Crippen molar-refractivity contribution in [3.05, 3.63) is 64.9 Å². The van der Waals surface area contributed by atoms with Crippen molar-refractivity contribution >= 4 is 28.3 Å². The van der Waals surface area contributed by atoms with Crippen molar-refractivity contribution in [2.75, 3.05) is 31.1 Å². The largest absolute Gasteiger partial charge is 0.353 e. The van der Waals surface area contributed by atoms with Gasteiger partial charge < -0.3 is 4.90 Å². The van der Waals surface area contributed by atoms with Crippen molar-refractivity contribution in [2.24, 2.45) is 0 Å². The molecular weight excluding hydrogens is 346 g/mol. The van der Waals surface area contributed by atoms with Gasteiger partial charge in [-0.05, 0) is 23.8 Å². The molecule has 130 valence electrons. The molecule has 1 saturated heterocycles. The van der Waals surface area contributed by atoms with Crippen LogP contribution in [0.3, 0.4) is 0 Å². The standard InChI is InChI=1S/C20H18ClN5/c21-17-6-3-7-18-19(17)20(24-14-23-18)26-10-8-25(9-11-26)13-16-5-2-1-4-15(16)12-22/h1-7,14H,8-11,13H2. The average Bonchev–Trinajstić information content (AvgIpc) is 2.69. The van der Waals surface area contributed by atoms with Gasteiger partial charge in [-0.25, -0.2) is 9.97 Å². The molecule has 1 fully saturated rings. The molecule has 26 heavy (non-hydrogen) atoms. The number of rotatable bonds is 3. The van der Waals surface area contributed by atoms with Crippen LogP contribution in [0.1, 0.15) is 11.1 Å². The van der Waals surface area contributed by atoms with E-state index >= 15 is 0 Å². The highest BCUT2D eigenvalue weighted by molar-refractivity contribution is 6.36. The van der Waals surface area contributed by atoms with E-state index in [-0.39, 0.29) is 0 Å². The van der Waals surface area contributed by atoms with Gasteiger partial charge >= 0.3 is 0 Å². The zero-order valence-corrected chi connectivity index (χ0v) is 15.0. The minimum atomic E-state index is 0.684. The van der Waals surface area contributed by atoms with Gasteiger partial charge in [0.1, 0.15) is 12.1 Å². The van der Waals surface area contributed by atoms with Crippen LogP contribution in [0, 0.1) is 11.3 Å². The Morgan fingerprint density at radius 1 is 1.00 bits per heavy atom. The summed E-state index contributed by atoms with van der Waals surface area (Å²) in [6, 6.07) is 15.8. The first kappa shape index (κ1) is 16.8. The van der Waals surface area contributed by atoms with Crippen LogP contribution in [0.4, 0.5) is 5.82 Å². The lowest BCUT2D eigenvalue weighted by atomic mass is 10.1. The second-order valence-corrected chi connectivity index (χ2v) is 6.77. The molecule has 0 spiro atoms. The third-order valence-corrected chi connectivity index (χ3v) is 5.11. The Balaban J connectivity index is 1.50. The van der Waals surface area contributed by atoms with E-state index in [1.165, 1.54) is 0 Å². The summed E-state index contributed by atoms with van der Waals surface area (Å²) >= 11 is 6.40. The smallest absolute Gasteiger partial charge is 0.141 e. The van der Waals surface area contributed by atoms with Crippen LogP contribution in [0.25, 0.3) is 10.9 Å². The number of fused-ring (bicyclic) bond motifs is 1. The van der Waals surface area contributed by atoms with Gasteiger partial charge in [-0.1, -0.05) is 35.9 Å². The highest BCUT2D eigenvalue weighted by atomic mass is 35.5. The molecule has 1 aliphatic heterocycles. The van der Waals surface area contributed by atoms with Gasteiger partial charge in [-0.15, -0.1) is 0 Å². The molecule has 5 nitrogen and oxygen atoms in total. The van der Waals surface area contributed by atoms with Crippen LogP contribution in [0.2, 0.25) is 5.02 Å². The minimum absolute atomic E-state index is 0.684. The van der Waals surface area contributed by atoms with Gasteiger partial charge in [0.25, 0.3) is 0 Å². The molecular formula is C20H18ClN5. The minimum Gasteiger partial charge on any atom is -0.353 e. The van der Waals surface area contributed by atoms with Crippen LogP contribution in [-0.4, -0.2) is 41.0 Å². The maximum atomic E-state index is 9.26. The summed E-state index contributed by atoms with van der Waals surface area (Å²) in [6.07, 6.45) is 1.60. The zero-order valence-electron chi connectivity index (χ0n) is 14.3. The fourth-order valence-corrected chi connectivity index (χ4v) is 3.67.